The van der Waals surface area contributed by atoms with Gasteiger partial charge < -0.3 is 5.11 Å². The molecule has 0 aromatic carbocycles. The van der Waals surface area contributed by atoms with Gasteiger partial charge in [0, 0.05) is 6.54 Å². The normalized spacial score (nSPS) is 25.3. The molecule has 3 heteroatoms. The summed E-state index contributed by atoms with van der Waals surface area (Å²) in [6.45, 7) is 3.63. The Labute approximate surface area is 97.8 Å². The molecular formula is C13H21NO2. The van der Waals surface area contributed by atoms with Gasteiger partial charge >= 0.3 is 5.97 Å². The third-order valence-corrected chi connectivity index (χ3v) is 3.33. The van der Waals surface area contributed by atoms with Crippen molar-refractivity contribution in [3.63, 3.8) is 0 Å². The lowest BCUT2D eigenvalue weighted by Gasteiger charge is -2.30. The topological polar surface area (TPSA) is 40.5 Å². The maximum atomic E-state index is 10.7. The lowest BCUT2D eigenvalue weighted by Crippen LogP contribution is -2.35. The quantitative estimate of drug-likeness (QED) is 0.723. The van der Waals surface area contributed by atoms with Gasteiger partial charge in [-0.15, -0.1) is 6.42 Å². The van der Waals surface area contributed by atoms with Crippen molar-refractivity contribution in [3.05, 3.63) is 0 Å². The Balaban J connectivity index is 2.36. The third-order valence-electron chi connectivity index (χ3n) is 3.33. The molecule has 0 spiro atoms. The number of rotatable bonds is 5. The summed E-state index contributed by atoms with van der Waals surface area (Å²) in [5.74, 6) is 3.20. The van der Waals surface area contributed by atoms with Crippen molar-refractivity contribution in [2.75, 3.05) is 19.6 Å². The van der Waals surface area contributed by atoms with Gasteiger partial charge in [0.05, 0.1) is 13.1 Å². The van der Waals surface area contributed by atoms with Crippen molar-refractivity contribution in [2.24, 2.45) is 11.8 Å². The minimum Gasteiger partial charge on any atom is -0.480 e. The van der Waals surface area contributed by atoms with Crippen molar-refractivity contribution in [1.29, 1.82) is 0 Å². The Morgan fingerprint density at radius 2 is 2.06 bits per heavy atom. The van der Waals surface area contributed by atoms with Crippen LogP contribution < -0.4 is 0 Å². The number of hydrogen-bond acceptors (Lipinski definition) is 2. The molecule has 3 nitrogen and oxygen atoms in total. The molecule has 1 aliphatic rings. The maximum absolute atomic E-state index is 10.7. The molecule has 0 amide bonds. The van der Waals surface area contributed by atoms with Crippen LogP contribution in [0.4, 0.5) is 0 Å². The Hall–Kier alpha value is -1.01. The van der Waals surface area contributed by atoms with Crippen molar-refractivity contribution in [3.8, 4) is 12.3 Å². The van der Waals surface area contributed by atoms with E-state index in [9.17, 15) is 4.79 Å². The lowest BCUT2D eigenvalue weighted by atomic mass is 9.83. The predicted molar refractivity (Wildman–Crippen MR) is 64.0 cm³/mol. The van der Waals surface area contributed by atoms with Crippen molar-refractivity contribution in [2.45, 2.75) is 32.6 Å². The number of terminal acetylenes is 1. The van der Waals surface area contributed by atoms with Crippen LogP contribution in [-0.2, 0) is 4.79 Å². The summed E-state index contributed by atoms with van der Waals surface area (Å²) in [7, 11) is 0. The van der Waals surface area contributed by atoms with Gasteiger partial charge in [-0.25, -0.2) is 0 Å². The van der Waals surface area contributed by atoms with Gasteiger partial charge in [-0.05, 0) is 24.7 Å². The van der Waals surface area contributed by atoms with E-state index in [-0.39, 0.29) is 6.54 Å². The van der Waals surface area contributed by atoms with E-state index in [2.05, 4.69) is 12.8 Å². The first-order valence-electron chi connectivity index (χ1n) is 5.99. The zero-order valence-corrected chi connectivity index (χ0v) is 9.98. The van der Waals surface area contributed by atoms with E-state index in [4.69, 9.17) is 11.5 Å². The molecule has 1 saturated carbocycles. The summed E-state index contributed by atoms with van der Waals surface area (Å²) >= 11 is 0. The Morgan fingerprint density at radius 3 is 2.56 bits per heavy atom. The molecular weight excluding hydrogens is 202 g/mol. The minimum atomic E-state index is -0.792. The molecule has 0 bridgehead atoms. The fraction of sp³-hybridized carbons (Fsp3) is 0.769. The van der Waals surface area contributed by atoms with E-state index in [0.29, 0.717) is 12.5 Å². The Kier molecular flexibility index (Phi) is 5.34. The molecule has 0 radical (unpaired) electrons. The maximum Gasteiger partial charge on any atom is 0.317 e. The minimum absolute atomic E-state index is 0.0657. The summed E-state index contributed by atoms with van der Waals surface area (Å²) < 4.78 is 0. The molecule has 0 atom stereocenters. The van der Waals surface area contributed by atoms with E-state index in [1.165, 1.54) is 25.7 Å². The van der Waals surface area contributed by atoms with Gasteiger partial charge in [0.1, 0.15) is 0 Å². The fourth-order valence-corrected chi connectivity index (χ4v) is 2.38. The summed E-state index contributed by atoms with van der Waals surface area (Å²) in [6, 6.07) is 0. The average Bonchev–Trinajstić information content (AvgIpc) is 2.21. The van der Waals surface area contributed by atoms with Crippen molar-refractivity contribution < 1.29 is 9.90 Å². The van der Waals surface area contributed by atoms with E-state index in [1.54, 1.807) is 0 Å². The SMILES string of the molecule is C#CCN(CC(=O)O)CC1CCC(C)CC1. The highest BCUT2D eigenvalue weighted by Crippen LogP contribution is 2.28. The first kappa shape index (κ1) is 13.1. The van der Waals surface area contributed by atoms with Crippen LogP contribution in [0, 0.1) is 24.2 Å². The molecule has 1 rings (SSSR count). The summed E-state index contributed by atoms with van der Waals surface area (Å²) in [6.07, 6.45) is 10.2. The van der Waals surface area contributed by atoms with Crippen LogP contribution in [0.25, 0.3) is 0 Å². The van der Waals surface area contributed by atoms with Crippen LogP contribution in [0.15, 0.2) is 0 Å². The summed E-state index contributed by atoms with van der Waals surface area (Å²) in [5, 5.41) is 8.77. The number of nitrogens with zero attached hydrogens (tertiary/aromatic N) is 1. The van der Waals surface area contributed by atoms with Gasteiger partial charge in [0.25, 0.3) is 0 Å². The summed E-state index contributed by atoms with van der Waals surface area (Å²) in [5.41, 5.74) is 0. The zero-order chi connectivity index (χ0) is 12.0. The average molecular weight is 223 g/mol. The molecule has 0 heterocycles. The molecule has 1 N–H and O–H groups in total. The van der Waals surface area contributed by atoms with Crippen LogP contribution in [0.3, 0.4) is 0 Å². The van der Waals surface area contributed by atoms with Gasteiger partial charge in [-0.3, -0.25) is 9.69 Å². The molecule has 0 aromatic rings. The highest BCUT2D eigenvalue weighted by molar-refractivity contribution is 5.69. The standard InChI is InChI=1S/C13H21NO2/c1-3-8-14(10-13(15)16)9-12-6-4-11(2)5-7-12/h1,11-12H,4-10H2,2H3,(H,15,16). The molecule has 1 fully saturated rings. The van der Waals surface area contributed by atoms with Gasteiger partial charge in [0.2, 0.25) is 0 Å². The molecule has 0 unspecified atom stereocenters. The number of carbonyl (C=O) groups is 1. The van der Waals surface area contributed by atoms with Gasteiger partial charge in [-0.2, -0.15) is 0 Å². The van der Waals surface area contributed by atoms with E-state index < -0.39 is 5.97 Å². The Morgan fingerprint density at radius 1 is 1.44 bits per heavy atom. The molecule has 1 aliphatic carbocycles. The molecule has 0 aliphatic heterocycles. The van der Waals surface area contributed by atoms with Gasteiger partial charge in [-0.1, -0.05) is 25.7 Å². The smallest absolute Gasteiger partial charge is 0.317 e. The zero-order valence-electron chi connectivity index (χ0n) is 9.98. The number of carboxylic acids is 1. The monoisotopic (exact) mass is 223 g/mol. The molecule has 90 valence electrons. The third kappa shape index (κ3) is 4.67. The highest BCUT2D eigenvalue weighted by atomic mass is 16.4. The largest absolute Gasteiger partial charge is 0.480 e. The van der Waals surface area contributed by atoms with Crippen LogP contribution in [0.5, 0.6) is 0 Å². The van der Waals surface area contributed by atoms with Crippen molar-refractivity contribution >= 4 is 5.97 Å². The lowest BCUT2D eigenvalue weighted by molar-refractivity contribution is -0.138. The number of aliphatic carboxylic acids is 1. The number of carboxylic acid groups (broad SMARTS) is 1. The van der Waals surface area contributed by atoms with E-state index in [0.717, 1.165) is 12.5 Å². The first-order valence-corrected chi connectivity index (χ1v) is 5.99. The van der Waals surface area contributed by atoms with Crippen LogP contribution >= 0.6 is 0 Å². The second-order valence-electron chi connectivity index (χ2n) is 4.89. The fourth-order valence-electron chi connectivity index (χ4n) is 2.38. The van der Waals surface area contributed by atoms with Crippen LogP contribution in [0.1, 0.15) is 32.6 Å². The number of hydrogen-bond donors (Lipinski definition) is 1. The van der Waals surface area contributed by atoms with E-state index in [1.807, 2.05) is 4.90 Å². The molecule has 0 aromatic heterocycles. The highest BCUT2D eigenvalue weighted by Gasteiger charge is 2.21. The van der Waals surface area contributed by atoms with Gasteiger partial charge in [0.15, 0.2) is 0 Å². The molecule has 0 saturated heterocycles. The summed E-state index contributed by atoms with van der Waals surface area (Å²) in [4.78, 5) is 12.5. The van der Waals surface area contributed by atoms with E-state index >= 15 is 0 Å². The predicted octanol–water partition coefficient (Wildman–Crippen LogP) is 1.83. The first-order chi connectivity index (χ1) is 7.61. The van der Waals surface area contributed by atoms with Crippen LogP contribution in [-0.4, -0.2) is 35.6 Å². The Bertz CT molecular complexity index is 262. The molecule has 16 heavy (non-hydrogen) atoms. The van der Waals surface area contributed by atoms with Crippen molar-refractivity contribution in [1.82, 2.24) is 4.90 Å². The van der Waals surface area contributed by atoms with Crippen LogP contribution in [0.2, 0.25) is 0 Å². The second kappa shape index (κ2) is 6.55. The second-order valence-corrected chi connectivity index (χ2v) is 4.89.